The molecule has 2 amide bonds. The summed E-state index contributed by atoms with van der Waals surface area (Å²) in [7, 11) is 0. The molecule has 1 aliphatic rings. The van der Waals surface area contributed by atoms with Crippen LogP contribution in [0.5, 0.6) is 0 Å². The van der Waals surface area contributed by atoms with Crippen molar-refractivity contribution < 1.29 is 42.5 Å². The van der Waals surface area contributed by atoms with Crippen molar-refractivity contribution in [1.82, 2.24) is 10.6 Å². The zero-order valence-electron chi connectivity index (χ0n) is 18.2. The number of aliphatic hydroxyl groups excluding tert-OH is 1. The molecular formula is C23H23F3N2O6. The molecule has 3 atom stereocenters. The lowest BCUT2D eigenvalue weighted by Crippen LogP contribution is -2.67. The van der Waals surface area contributed by atoms with E-state index in [1.165, 1.54) is 5.32 Å². The summed E-state index contributed by atoms with van der Waals surface area (Å²) in [5, 5.41) is 21.6. The molecule has 2 aromatic rings. The predicted molar refractivity (Wildman–Crippen MR) is 114 cm³/mol. The Kier molecular flexibility index (Phi) is 6.87. The highest BCUT2D eigenvalue weighted by atomic mass is 19.4. The normalized spacial score (nSPS) is 16.4. The van der Waals surface area contributed by atoms with Gasteiger partial charge >= 0.3 is 18.2 Å². The number of carbonyl (C=O) groups excluding carboxylic acids is 2. The summed E-state index contributed by atoms with van der Waals surface area (Å²) in [5.41, 5.74) is 0.00931. The third-order valence-corrected chi connectivity index (χ3v) is 5.75. The van der Waals surface area contributed by atoms with Crippen molar-refractivity contribution in [3.63, 3.8) is 0 Å². The average Bonchev–Trinajstić information content (AvgIpc) is 3.08. The van der Waals surface area contributed by atoms with Gasteiger partial charge in [0, 0.05) is 5.92 Å². The molecule has 3 rings (SSSR count). The number of alkyl carbamates (subject to hydrolysis) is 1. The summed E-state index contributed by atoms with van der Waals surface area (Å²) < 4.78 is 46.4. The number of carbonyl (C=O) groups is 3. The number of carboxylic acid groups (broad SMARTS) is 1. The molecule has 8 nitrogen and oxygen atoms in total. The highest BCUT2D eigenvalue weighted by Gasteiger charge is 2.59. The SMILES string of the molecule is C[C@@H](O)[C@H](NC(=O)C(C)(NC(=O)OCC1c2ccccc2-c2ccccc21)C(F)(F)F)C(=O)O. The molecule has 0 spiro atoms. The second kappa shape index (κ2) is 9.34. The quantitative estimate of drug-likeness (QED) is 0.483. The fourth-order valence-electron chi connectivity index (χ4n) is 3.77. The van der Waals surface area contributed by atoms with Gasteiger partial charge in [0.15, 0.2) is 6.04 Å². The summed E-state index contributed by atoms with van der Waals surface area (Å²) in [6.07, 6.45) is -8.50. The molecular weight excluding hydrogens is 457 g/mol. The Morgan fingerprint density at radius 3 is 1.97 bits per heavy atom. The van der Waals surface area contributed by atoms with Gasteiger partial charge in [-0.25, -0.2) is 9.59 Å². The van der Waals surface area contributed by atoms with Crippen LogP contribution in [0.2, 0.25) is 0 Å². The first-order valence-corrected chi connectivity index (χ1v) is 10.3. The number of benzene rings is 2. The molecule has 1 unspecified atom stereocenters. The van der Waals surface area contributed by atoms with E-state index in [9.17, 15) is 32.7 Å². The first kappa shape index (κ1) is 25.0. The molecule has 0 aliphatic heterocycles. The second-order valence-corrected chi connectivity index (χ2v) is 8.10. The van der Waals surface area contributed by atoms with E-state index in [4.69, 9.17) is 9.84 Å². The second-order valence-electron chi connectivity index (χ2n) is 8.10. The fourth-order valence-corrected chi connectivity index (χ4v) is 3.77. The van der Waals surface area contributed by atoms with Crippen molar-refractivity contribution in [3.8, 4) is 11.1 Å². The van der Waals surface area contributed by atoms with Crippen LogP contribution < -0.4 is 10.6 Å². The van der Waals surface area contributed by atoms with Crippen LogP contribution in [0, 0.1) is 0 Å². The molecule has 11 heteroatoms. The Labute approximate surface area is 192 Å². The lowest BCUT2D eigenvalue weighted by atomic mass is 9.98. The average molecular weight is 480 g/mol. The molecule has 0 saturated heterocycles. The molecule has 0 bridgehead atoms. The minimum absolute atomic E-state index is 0.291. The van der Waals surface area contributed by atoms with E-state index >= 15 is 0 Å². The highest BCUT2D eigenvalue weighted by Crippen LogP contribution is 2.44. The smallest absolute Gasteiger partial charge is 0.420 e. The molecule has 0 saturated carbocycles. The first-order chi connectivity index (χ1) is 15.9. The largest absolute Gasteiger partial charge is 0.480 e. The van der Waals surface area contributed by atoms with Crippen molar-refractivity contribution in [2.45, 2.75) is 43.6 Å². The molecule has 1 aliphatic carbocycles. The maximum absolute atomic E-state index is 13.8. The number of hydrogen-bond acceptors (Lipinski definition) is 5. The number of carboxylic acids is 1. The van der Waals surface area contributed by atoms with E-state index in [0.29, 0.717) is 6.92 Å². The first-order valence-electron chi connectivity index (χ1n) is 10.3. The van der Waals surface area contributed by atoms with Crippen molar-refractivity contribution >= 4 is 18.0 Å². The van der Waals surface area contributed by atoms with Crippen LogP contribution in [0.3, 0.4) is 0 Å². The van der Waals surface area contributed by atoms with Gasteiger partial charge in [0.25, 0.3) is 5.91 Å². The van der Waals surface area contributed by atoms with E-state index in [1.807, 2.05) is 36.4 Å². The molecule has 182 valence electrons. The third kappa shape index (κ3) is 4.69. The lowest BCUT2D eigenvalue weighted by molar-refractivity contribution is -0.195. The maximum Gasteiger partial charge on any atom is 0.420 e. The predicted octanol–water partition coefficient (Wildman–Crippen LogP) is 2.80. The van der Waals surface area contributed by atoms with Gasteiger partial charge in [0.1, 0.15) is 6.61 Å². The van der Waals surface area contributed by atoms with Crippen LogP contribution in [0.1, 0.15) is 30.9 Å². The molecule has 0 heterocycles. The van der Waals surface area contributed by atoms with Crippen LogP contribution in [0.15, 0.2) is 48.5 Å². The number of rotatable bonds is 7. The van der Waals surface area contributed by atoms with Gasteiger partial charge in [-0.05, 0) is 36.1 Å². The van der Waals surface area contributed by atoms with Gasteiger partial charge in [-0.2, -0.15) is 13.2 Å². The summed E-state index contributed by atoms with van der Waals surface area (Å²) in [5.74, 6) is -4.02. The Balaban J connectivity index is 1.76. The zero-order valence-corrected chi connectivity index (χ0v) is 18.2. The van der Waals surface area contributed by atoms with Crippen LogP contribution >= 0.6 is 0 Å². The van der Waals surface area contributed by atoms with Crippen molar-refractivity contribution in [2.75, 3.05) is 6.61 Å². The minimum atomic E-state index is -5.30. The number of nitrogens with one attached hydrogen (secondary N) is 2. The number of alkyl halides is 3. The Hall–Kier alpha value is -3.60. The number of amides is 2. The van der Waals surface area contributed by atoms with Gasteiger partial charge < -0.3 is 20.3 Å². The molecule has 0 aromatic heterocycles. The topological polar surface area (TPSA) is 125 Å². The van der Waals surface area contributed by atoms with E-state index in [1.54, 1.807) is 17.4 Å². The number of hydrogen-bond donors (Lipinski definition) is 4. The van der Waals surface area contributed by atoms with Gasteiger partial charge in [-0.3, -0.25) is 10.1 Å². The molecule has 4 N–H and O–H groups in total. The van der Waals surface area contributed by atoms with Gasteiger partial charge in [0.2, 0.25) is 5.54 Å². The lowest BCUT2D eigenvalue weighted by Gasteiger charge is -2.32. The van der Waals surface area contributed by atoms with E-state index < -0.39 is 47.7 Å². The molecule has 34 heavy (non-hydrogen) atoms. The van der Waals surface area contributed by atoms with Gasteiger partial charge in [0.05, 0.1) is 6.10 Å². The van der Waals surface area contributed by atoms with Crippen LogP contribution in [0.4, 0.5) is 18.0 Å². The Morgan fingerprint density at radius 1 is 1.03 bits per heavy atom. The molecule has 0 radical (unpaired) electrons. The monoisotopic (exact) mass is 480 g/mol. The Bertz CT molecular complexity index is 1060. The highest BCUT2D eigenvalue weighted by molar-refractivity contribution is 5.93. The number of halogens is 3. The third-order valence-electron chi connectivity index (χ3n) is 5.75. The van der Waals surface area contributed by atoms with E-state index in [-0.39, 0.29) is 6.61 Å². The summed E-state index contributed by atoms with van der Waals surface area (Å²) in [6, 6.07) is 12.7. The standard InChI is InChI=1S/C23H23F3N2O6/c1-12(29)18(19(30)31)27-20(32)22(2,23(24,25)26)28-21(33)34-11-17-15-9-5-3-7-13(15)14-8-4-6-10-16(14)17/h3-10,12,17-18,29H,11H2,1-2H3,(H,27,32)(H,28,33)(H,30,31)/t12-,18+,22?/m1/s1. The van der Waals surface area contributed by atoms with E-state index in [2.05, 4.69) is 0 Å². The summed E-state index contributed by atoms with van der Waals surface area (Å²) in [4.78, 5) is 35.9. The van der Waals surface area contributed by atoms with Crippen LogP contribution in [-0.4, -0.2) is 58.7 Å². The van der Waals surface area contributed by atoms with E-state index in [0.717, 1.165) is 29.2 Å². The number of aliphatic carboxylic acids is 1. The molecule has 0 fully saturated rings. The fraction of sp³-hybridized carbons (Fsp3) is 0.348. The zero-order chi connectivity index (χ0) is 25.3. The number of aliphatic hydroxyl groups is 1. The maximum atomic E-state index is 13.8. The minimum Gasteiger partial charge on any atom is -0.480 e. The van der Waals surface area contributed by atoms with Gasteiger partial charge in [-0.1, -0.05) is 48.5 Å². The van der Waals surface area contributed by atoms with Gasteiger partial charge in [-0.15, -0.1) is 0 Å². The van der Waals surface area contributed by atoms with Crippen LogP contribution in [0.25, 0.3) is 11.1 Å². The number of fused-ring (bicyclic) bond motifs is 3. The molecule has 2 aromatic carbocycles. The van der Waals surface area contributed by atoms with Crippen molar-refractivity contribution in [3.05, 3.63) is 59.7 Å². The summed E-state index contributed by atoms with van der Waals surface area (Å²) >= 11 is 0. The number of ether oxygens (including phenoxy) is 1. The summed E-state index contributed by atoms with van der Waals surface area (Å²) in [6.45, 7) is 1.08. The van der Waals surface area contributed by atoms with Crippen LogP contribution in [-0.2, 0) is 14.3 Å². The van der Waals surface area contributed by atoms with Crippen molar-refractivity contribution in [1.29, 1.82) is 0 Å². The Morgan fingerprint density at radius 2 is 1.53 bits per heavy atom. The van der Waals surface area contributed by atoms with Crippen molar-refractivity contribution in [2.24, 2.45) is 0 Å².